The van der Waals surface area contributed by atoms with Crippen LogP contribution in [-0.4, -0.2) is 13.7 Å². The molecule has 2 nitrogen and oxygen atoms in total. The summed E-state index contributed by atoms with van der Waals surface area (Å²) < 4.78 is 19.4. The van der Waals surface area contributed by atoms with Crippen molar-refractivity contribution in [2.75, 3.05) is 13.7 Å². The van der Waals surface area contributed by atoms with Gasteiger partial charge in [-0.1, -0.05) is 36.7 Å². The summed E-state index contributed by atoms with van der Waals surface area (Å²) in [6.45, 7) is 4.59. The Balaban J connectivity index is 2.45. The highest BCUT2D eigenvalue weighted by molar-refractivity contribution is 6.32. The van der Waals surface area contributed by atoms with Crippen molar-refractivity contribution in [2.45, 2.75) is 19.9 Å². The van der Waals surface area contributed by atoms with E-state index >= 15 is 0 Å². The fourth-order valence-electron chi connectivity index (χ4n) is 2.34. The predicted molar refractivity (Wildman–Crippen MR) is 84.7 cm³/mol. The maximum atomic E-state index is 14.3. The highest BCUT2D eigenvalue weighted by Gasteiger charge is 2.18. The molecule has 0 heterocycles. The van der Waals surface area contributed by atoms with Gasteiger partial charge >= 0.3 is 0 Å². The van der Waals surface area contributed by atoms with Crippen LogP contribution < -0.4 is 10.1 Å². The van der Waals surface area contributed by atoms with E-state index in [0.717, 1.165) is 17.7 Å². The van der Waals surface area contributed by atoms with Crippen molar-refractivity contribution < 1.29 is 9.13 Å². The number of rotatable bonds is 5. The zero-order valence-corrected chi connectivity index (χ0v) is 13.2. The van der Waals surface area contributed by atoms with Crippen LogP contribution in [0.5, 0.6) is 5.75 Å². The van der Waals surface area contributed by atoms with E-state index in [4.69, 9.17) is 16.3 Å². The maximum Gasteiger partial charge on any atom is 0.137 e. The molecule has 2 rings (SSSR count). The summed E-state index contributed by atoms with van der Waals surface area (Å²) in [5, 5.41) is 3.82. The van der Waals surface area contributed by atoms with Crippen molar-refractivity contribution in [3.05, 3.63) is 63.9 Å². The molecule has 0 aromatic heterocycles. The predicted octanol–water partition coefficient (Wildman–Crippen LogP) is 4.50. The first-order valence-corrected chi connectivity index (χ1v) is 7.27. The van der Waals surface area contributed by atoms with Crippen molar-refractivity contribution in [1.29, 1.82) is 0 Å². The third-order valence-corrected chi connectivity index (χ3v) is 3.68. The molecule has 112 valence electrons. The molecule has 0 bridgehead atoms. The van der Waals surface area contributed by atoms with Crippen molar-refractivity contribution in [3.63, 3.8) is 0 Å². The highest BCUT2D eigenvalue weighted by atomic mass is 35.5. The molecule has 2 aromatic rings. The van der Waals surface area contributed by atoms with E-state index in [-0.39, 0.29) is 11.9 Å². The van der Waals surface area contributed by atoms with Crippen LogP contribution in [0.15, 0.2) is 36.4 Å². The van der Waals surface area contributed by atoms with Crippen LogP contribution in [0.2, 0.25) is 5.02 Å². The molecule has 21 heavy (non-hydrogen) atoms. The molecule has 1 N–H and O–H groups in total. The smallest absolute Gasteiger partial charge is 0.137 e. The zero-order valence-electron chi connectivity index (χ0n) is 12.4. The first-order chi connectivity index (χ1) is 10.1. The maximum absolute atomic E-state index is 14.3. The summed E-state index contributed by atoms with van der Waals surface area (Å²) in [7, 11) is 1.57. The fraction of sp³-hybridized carbons (Fsp3) is 0.294. The van der Waals surface area contributed by atoms with Crippen LogP contribution in [0, 0.1) is 12.7 Å². The molecule has 0 aliphatic carbocycles. The number of aryl methyl sites for hydroxylation is 1. The van der Waals surface area contributed by atoms with Gasteiger partial charge in [0, 0.05) is 5.56 Å². The molecule has 0 amide bonds. The first-order valence-electron chi connectivity index (χ1n) is 6.89. The lowest BCUT2D eigenvalue weighted by molar-refractivity contribution is 0.414. The Kier molecular flexibility index (Phi) is 5.21. The standard InChI is InChI=1S/C17H19ClFNO/c1-4-20-17(13-7-5-11(2)9-15(13)19)12-6-8-16(21-3)14(18)10-12/h5-10,17,20H,4H2,1-3H3. The monoisotopic (exact) mass is 307 g/mol. The van der Waals surface area contributed by atoms with Crippen LogP contribution >= 0.6 is 11.6 Å². The highest BCUT2D eigenvalue weighted by Crippen LogP contribution is 2.31. The second-order valence-electron chi connectivity index (χ2n) is 4.91. The van der Waals surface area contributed by atoms with Crippen LogP contribution in [-0.2, 0) is 0 Å². The average Bonchev–Trinajstić information content (AvgIpc) is 2.45. The Labute approximate surface area is 129 Å². The fourth-order valence-corrected chi connectivity index (χ4v) is 2.61. The van der Waals surface area contributed by atoms with Gasteiger partial charge in [-0.05, 0) is 42.8 Å². The van der Waals surface area contributed by atoms with E-state index in [0.29, 0.717) is 16.3 Å². The second kappa shape index (κ2) is 6.92. The minimum Gasteiger partial charge on any atom is -0.495 e. The Morgan fingerprint density at radius 1 is 1.24 bits per heavy atom. The molecule has 0 spiro atoms. The number of ether oxygens (including phenoxy) is 1. The van der Waals surface area contributed by atoms with Gasteiger partial charge < -0.3 is 10.1 Å². The minimum atomic E-state index is -0.237. The van der Waals surface area contributed by atoms with E-state index in [9.17, 15) is 4.39 Å². The molecule has 0 saturated heterocycles. The van der Waals surface area contributed by atoms with E-state index in [2.05, 4.69) is 5.32 Å². The number of benzene rings is 2. The van der Waals surface area contributed by atoms with Crippen LogP contribution in [0.1, 0.15) is 29.7 Å². The number of hydrogen-bond acceptors (Lipinski definition) is 2. The summed E-state index contributed by atoms with van der Waals surface area (Å²) in [6, 6.07) is 10.5. The van der Waals surface area contributed by atoms with E-state index in [1.54, 1.807) is 19.2 Å². The van der Waals surface area contributed by atoms with Crippen LogP contribution in [0.3, 0.4) is 0 Å². The molecule has 2 aromatic carbocycles. The molecule has 1 unspecified atom stereocenters. The van der Waals surface area contributed by atoms with Gasteiger partial charge in [0.2, 0.25) is 0 Å². The van der Waals surface area contributed by atoms with Crippen molar-refractivity contribution in [1.82, 2.24) is 5.32 Å². The first kappa shape index (κ1) is 15.8. The second-order valence-corrected chi connectivity index (χ2v) is 5.32. The Bertz CT molecular complexity index is 630. The Morgan fingerprint density at radius 2 is 2.00 bits per heavy atom. The molecule has 0 radical (unpaired) electrons. The third-order valence-electron chi connectivity index (χ3n) is 3.38. The van der Waals surface area contributed by atoms with E-state index in [1.807, 2.05) is 38.1 Å². The number of hydrogen-bond donors (Lipinski definition) is 1. The molecule has 4 heteroatoms. The van der Waals surface area contributed by atoms with Gasteiger partial charge in [0.15, 0.2) is 0 Å². The lowest BCUT2D eigenvalue weighted by Crippen LogP contribution is -2.23. The van der Waals surface area contributed by atoms with Crippen molar-refractivity contribution >= 4 is 11.6 Å². The molecule has 1 atom stereocenters. The van der Waals surface area contributed by atoms with Gasteiger partial charge in [-0.15, -0.1) is 0 Å². The van der Waals surface area contributed by atoms with Gasteiger partial charge in [-0.25, -0.2) is 4.39 Å². The molecule has 0 aliphatic heterocycles. The summed E-state index contributed by atoms with van der Waals surface area (Å²) in [4.78, 5) is 0. The molecule has 0 fully saturated rings. The zero-order chi connectivity index (χ0) is 15.4. The van der Waals surface area contributed by atoms with Gasteiger partial charge in [0.1, 0.15) is 11.6 Å². The lowest BCUT2D eigenvalue weighted by Gasteiger charge is -2.20. The Morgan fingerprint density at radius 3 is 2.57 bits per heavy atom. The summed E-state index contributed by atoms with van der Waals surface area (Å²) in [5.74, 6) is 0.396. The minimum absolute atomic E-state index is 0.215. The topological polar surface area (TPSA) is 21.3 Å². The molecule has 0 aliphatic rings. The van der Waals surface area contributed by atoms with E-state index in [1.165, 1.54) is 0 Å². The quantitative estimate of drug-likeness (QED) is 0.878. The van der Waals surface area contributed by atoms with E-state index < -0.39 is 0 Å². The Hall–Kier alpha value is -1.58. The molecular formula is C17H19ClFNO. The van der Waals surface area contributed by atoms with Crippen LogP contribution in [0.4, 0.5) is 4.39 Å². The summed E-state index contributed by atoms with van der Waals surface area (Å²) in [5.41, 5.74) is 2.42. The largest absolute Gasteiger partial charge is 0.495 e. The van der Waals surface area contributed by atoms with Crippen LogP contribution in [0.25, 0.3) is 0 Å². The van der Waals surface area contributed by atoms with Gasteiger partial charge in [0.05, 0.1) is 18.2 Å². The normalized spacial score (nSPS) is 12.2. The van der Waals surface area contributed by atoms with Crippen molar-refractivity contribution in [3.8, 4) is 5.75 Å². The summed E-state index contributed by atoms with van der Waals surface area (Å²) >= 11 is 6.18. The van der Waals surface area contributed by atoms with Gasteiger partial charge in [-0.2, -0.15) is 0 Å². The van der Waals surface area contributed by atoms with Gasteiger partial charge in [-0.3, -0.25) is 0 Å². The van der Waals surface area contributed by atoms with Gasteiger partial charge in [0.25, 0.3) is 0 Å². The molecular weight excluding hydrogens is 289 g/mol. The average molecular weight is 308 g/mol. The number of halogens is 2. The number of nitrogens with one attached hydrogen (secondary N) is 1. The third kappa shape index (κ3) is 3.55. The molecule has 0 saturated carbocycles. The lowest BCUT2D eigenvalue weighted by atomic mass is 9.97. The number of methoxy groups -OCH3 is 1. The summed E-state index contributed by atoms with van der Waals surface area (Å²) in [6.07, 6.45) is 0. The SMILES string of the molecule is CCNC(c1ccc(OC)c(Cl)c1)c1ccc(C)cc1F. The van der Waals surface area contributed by atoms with Crippen molar-refractivity contribution in [2.24, 2.45) is 0 Å².